The number of hydrogen-bond acceptors (Lipinski definition) is 2. The molecule has 0 radical (unpaired) electrons. The highest BCUT2D eigenvalue weighted by Gasteiger charge is 2.13. The summed E-state index contributed by atoms with van der Waals surface area (Å²) >= 11 is 0. The number of hydrogen-bond donors (Lipinski definition) is 2. The van der Waals surface area contributed by atoms with Crippen molar-refractivity contribution in [3.8, 4) is 11.1 Å². The van der Waals surface area contributed by atoms with Gasteiger partial charge in [-0.1, -0.05) is 24.3 Å². The molecule has 4 heteroatoms. The molecule has 1 heterocycles. The minimum absolute atomic E-state index is 0.177. The molecule has 4 nitrogen and oxygen atoms in total. The zero-order valence-corrected chi connectivity index (χ0v) is 9.88. The Morgan fingerprint density at radius 1 is 1.22 bits per heavy atom. The fourth-order valence-electron chi connectivity index (χ4n) is 1.75. The third-order valence-corrected chi connectivity index (χ3v) is 2.87. The zero-order valence-electron chi connectivity index (χ0n) is 9.88. The van der Waals surface area contributed by atoms with Gasteiger partial charge in [-0.15, -0.1) is 0 Å². The molecule has 0 amide bonds. The van der Waals surface area contributed by atoms with Crippen LogP contribution in [-0.4, -0.2) is 16.1 Å². The van der Waals surface area contributed by atoms with Crippen molar-refractivity contribution in [2.75, 3.05) is 0 Å². The van der Waals surface area contributed by atoms with Gasteiger partial charge in [0.05, 0.1) is 5.92 Å². The summed E-state index contributed by atoms with van der Waals surface area (Å²) in [6, 6.07) is 10.5. The average molecular weight is 243 g/mol. The van der Waals surface area contributed by atoms with Crippen LogP contribution < -0.4 is 5.56 Å². The number of carbonyl (C=O) groups is 1. The van der Waals surface area contributed by atoms with Crippen molar-refractivity contribution in [1.29, 1.82) is 0 Å². The Hall–Kier alpha value is -2.36. The Morgan fingerprint density at radius 3 is 2.61 bits per heavy atom. The molecular formula is C14H13NO3. The van der Waals surface area contributed by atoms with Crippen molar-refractivity contribution in [1.82, 2.24) is 4.98 Å². The second-order valence-electron chi connectivity index (χ2n) is 4.13. The van der Waals surface area contributed by atoms with Crippen LogP contribution >= 0.6 is 0 Å². The first-order valence-corrected chi connectivity index (χ1v) is 5.60. The largest absolute Gasteiger partial charge is 0.481 e. The number of aromatic amines is 1. The van der Waals surface area contributed by atoms with Crippen molar-refractivity contribution >= 4 is 5.97 Å². The molecule has 0 saturated heterocycles. The van der Waals surface area contributed by atoms with E-state index in [9.17, 15) is 9.59 Å². The fourth-order valence-corrected chi connectivity index (χ4v) is 1.75. The van der Waals surface area contributed by atoms with E-state index in [2.05, 4.69) is 4.98 Å². The highest BCUT2D eigenvalue weighted by Crippen LogP contribution is 2.23. The van der Waals surface area contributed by atoms with Crippen LogP contribution in [0.25, 0.3) is 11.1 Å². The van der Waals surface area contributed by atoms with Gasteiger partial charge in [0.15, 0.2) is 0 Å². The Balaban J connectivity index is 2.44. The molecule has 0 saturated carbocycles. The smallest absolute Gasteiger partial charge is 0.310 e. The summed E-state index contributed by atoms with van der Waals surface area (Å²) < 4.78 is 0. The number of carboxylic acids is 1. The van der Waals surface area contributed by atoms with Crippen LogP contribution in [0.2, 0.25) is 0 Å². The molecule has 1 aromatic heterocycles. The summed E-state index contributed by atoms with van der Waals surface area (Å²) in [7, 11) is 0. The predicted molar refractivity (Wildman–Crippen MR) is 68.5 cm³/mol. The quantitative estimate of drug-likeness (QED) is 0.868. The Labute approximate surface area is 104 Å². The fraction of sp³-hybridized carbons (Fsp3) is 0.143. The second kappa shape index (κ2) is 4.87. The summed E-state index contributed by atoms with van der Waals surface area (Å²) in [5, 5.41) is 8.99. The van der Waals surface area contributed by atoms with E-state index in [0.29, 0.717) is 0 Å². The standard InChI is InChI=1S/C14H13NO3/c1-9(14(17)18)10-3-2-4-11(7-10)12-5-6-15-13(16)8-12/h2-9H,1H3,(H,15,16)(H,17,18). The van der Waals surface area contributed by atoms with Gasteiger partial charge in [0.2, 0.25) is 5.56 Å². The second-order valence-corrected chi connectivity index (χ2v) is 4.13. The first-order valence-electron chi connectivity index (χ1n) is 5.60. The number of nitrogens with one attached hydrogen (secondary N) is 1. The van der Waals surface area contributed by atoms with E-state index in [1.807, 2.05) is 6.07 Å². The molecule has 0 spiro atoms. The summed E-state index contributed by atoms with van der Waals surface area (Å²) in [6.07, 6.45) is 1.57. The van der Waals surface area contributed by atoms with E-state index in [0.717, 1.165) is 16.7 Å². The molecule has 2 aromatic rings. The monoisotopic (exact) mass is 243 g/mol. The van der Waals surface area contributed by atoms with E-state index in [-0.39, 0.29) is 5.56 Å². The number of H-pyrrole nitrogens is 1. The lowest BCUT2D eigenvalue weighted by Gasteiger charge is -2.08. The number of aromatic nitrogens is 1. The average Bonchev–Trinajstić information content (AvgIpc) is 2.38. The molecule has 2 rings (SSSR count). The zero-order chi connectivity index (χ0) is 13.1. The van der Waals surface area contributed by atoms with Gasteiger partial charge in [0.25, 0.3) is 0 Å². The van der Waals surface area contributed by atoms with Crippen molar-refractivity contribution in [3.05, 3.63) is 58.5 Å². The summed E-state index contributed by atoms with van der Waals surface area (Å²) in [5.74, 6) is -1.43. The highest BCUT2D eigenvalue weighted by molar-refractivity contribution is 5.76. The van der Waals surface area contributed by atoms with Crippen LogP contribution in [0.1, 0.15) is 18.4 Å². The van der Waals surface area contributed by atoms with Crippen LogP contribution in [0.15, 0.2) is 47.4 Å². The maximum Gasteiger partial charge on any atom is 0.310 e. The van der Waals surface area contributed by atoms with Gasteiger partial charge in [-0.2, -0.15) is 0 Å². The van der Waals surface area contributed by atoms with Crippen LogP contribution in [0.4, 0.5) is 0 Å². The summed E-state index contributed by atoms with van der Waals surface area (Å²) in [6.45, 7) is 1.64. The van der Waals surface area contributed by atoms with Crippen LogP contribution in [0.3, 0.4) is 0 Å². The lowest BCUT2D eigenvalue weighted by atomic mass is 9.97. The van der Waals surface area contributed by atoms with E-state index in [4.69, 9.17) is 5.11 Å². The van der Waals surface area contributed by atoms with E-state index < -0.39 is 11.9 Å². The number of benzene rings is 1. The topological polar surface area (TPSA) is 70.2 Å². The SMILES string of the molecule is CC(C(=O)O)c1cccc(-c2cc[nH]c(=O)c2)c1. The Morgan fingerprint density at radius 2 is 1.94 bits per heavy atom. The number of rotatable bonds is 3. The van der Waals surface area contributed by atoms with E-state index in [1.165, 1.54) is 6.07 Å². The van der Waals surface area contributed by atoms with Gasteiger partial charge in [-0.25, -0.2) is 0 Å². The molecule has 1 atom stereocenters. The summed E-state index contributed by atoms with van der Waals surface area (Å²) in [4.78, 5) is 24.7. The van der Waals surface area contributed by atoms with Gasteiger partial charge in [-0.3, -0.25) is 9.59 Å². The van der Waals surface area contributed by atoms with Crippen LogP contribution in [0.5, 0.6) is 0 Å². The van der Waals surface area contributed by atoms with E-state index in [1.54, 1.807) is 37.4 Å². The third-order valence-electron chi connectivity index (χ3n) is 2.87. The van der Waals surface area contributed by atoms with Crippen molar-refractivity contribution in [3.63, 3.8) is 0 Å². The molecule has 0 fully saturated rings. The van der Waals surface area contributed by atoms with Crippen LogP contribution in [0, 0.1) is 0 Å². The van der Waals surface area contributed by atoms with Crippen molar-refractivity contribution in [2.24, 2.45) is 0 Å². The third kappa shape index (κ3) is 2.48. The number of carboxylic acid groups (broad SMARTS) is 1. The van der Waals surface area contributed by atoms with Crippen molar-refractivity contribution in [2.45, 2.75) is 12.8 Å². The van der Waals surface area contributed by atoms with Gasteiger partial charge in [0.1, 0.15) is 0 Å². The van der Waals surface area contributed by atoms with E-state index >= 15 is 0 Å². The molecular weight excluding hydrogens is 230 g/mol. The molecule has 0 bridgehead atoms. The Bertz CT molecular complexity index is 631. The van der Waals surface area contributed by atoms with Gasteiger partial charge in [0, 0.05) is 12.3 Å². The number of aliphatic carboxylic acids is 1. The van der Waals surface area contributed by atoms with Crippen molar-refractivity contribution < 1.29 is 9.90 Å². The maximum atomic E-state index is 11.2. The normalized spacial score (nSPS) is 12.1. The molecule has 1 unspecified atom stereocenters. The molecule has 1 aromatic carbocycles. The van der Waals surface area contributed by atoms with Crippen LogP contribution in [-0.2, 0) is 4.79 Å². The Kier molecular flexibility index (Phi) is 3.28. The van der Waals surface area contributed by atoms with Gasteiger partial charge < -0.3 is 10.1 Å². The molecule has 92 valence electrons. The lowest BCUT2D eigenvalue weighted by Crippen LogP contribution is -2.07. The lowest BCUT2D eigenvalue weighted by molar-refractivity contribution is -0.138. The first kappa shape index (κ1) is 12.1. The molecule has 0 aliphatic carbocycles. The minimum atomic E-state index is -0.863. The molecule has 0 aliphatic heterocycles. The first-order chi connectivity index (χ1) is 8.58. The summed E-state index contributed by atoms with van der Waals surface area (Å²) in [5.41, 5.74) is 2.16. The number of pyridine rings is 1. The molecule has 0 aliphatic rings. The minimum Gasteiger partial charge on any atom is -0.481 e. The predicted octanol–water partition coefficient (Wildman–Crippen LogP) is 2.23. The molecule has 18 heavy (non-hydrogen) atoms. The maximum absolute atomic E-state index is 11.2. The highest BCUT2D eigenvalue weighted by atomic mass is 16.4. The molecule has 2 N–H and O–H groups in total. The van der Waals surface area contributed by atoms with Gasteiger partial charge >= 0.3 is 5.97 Å². The van der Waals surface area contributed by atoms with Gasteiger partial charge in [-0.05, 0) is 29.7 Å².